The third kappa shape index (κ3) is 4.89. The van der Waals surface area contributed by atoms with Crippen molar-refractivity contribution in [2.75, 3.05) is 6.54 Å². The minimum Gasteiger partial charge on any atom is -0.473 e. The van der Waals surface area contributed by atoms with E-state index in [1.165, 1.54) is 53.9 Å². The number of carboxylic acid groups (broad SMARTS) is 2. The van der Waals surface area contributed by atoms with E-state index in [0.29, 0.717) is 5.92 Å². The highest BCUT2D eigenvalue weighted by molar-refractivity contribution is 6.27. The van der Waals surface area contributed by atoms with E-state index in [0.717, 1.165) is 19.5 Å². The lowest BCUT2D eigenvalue weighted by Gasteiger charge is -2.25. The summed E-state index contributed by atoms with van der Waals surface area (Å²) in [4.78, 5) is 20.8. The summed E-state index contributed by atoms with van der Waals surface area (Å²) < 4.78 is 2.16. The molecule has 1 aliphatic heterocycles. The fraction of sp³-hybridized carbons (Fsp3) is 0.320. The largest absolute Gasteiger partial charge is 0.473 e. The van der Waals surface area contributed by atoms with Crippen molar-refractivity contribution in [3.8, 4) is 5.69 Å². The van der Waals surface area contributed by atoms with Gasteiger partial charge in [0, 0.05) is 18.8 Å². The molecule has 5 rings (SSSR count). The lowest BCUT2D eigenvalue weighted by atomic mass is 9.84. The molecule has 2 heterocycles. The highest BCUT2D eigenvalue weighted by Gasteiger charge is 2.26. The number of para-hydroxylation sites is 1. The van der Waals surface area contributed by atoms with E-state index in [9.17, 15) is 0 Å². The number of aromatic nitrogens is 2. The van der Waals surface area contributed by atoms with Gasteiger partial charge in [0.25, 0.3) is 0 Å². The predicted molar refractivity (Wildman–Crippen MR) is 120 cm³/mol. The molecule has 1 atom stereocenters. The first-order valence-electron chi connectivity index (χ1n) is 10.9. The number of carboxylic acids is 2. The lowest BCUT2D eigenvalue weighted by Crippen LogP contribution is -2.21. The van der Waals surface area contributed by atoms with Crippen LogP contribution >= 0.6 is 0 Å². The van der Waals surface area contributed by atoms with Crippen molar-refractivity contribution < 1.29 is 19.8 Å². The van der Waals surface area contributed by atoms with Crippen molar-refractivity contribution in [2.24, 2.45) is 0 Å². The molecule has 0 radical (unpaired) electrons. The van der Waals surface area contributed by atoms with E-state index >= 15 is 0 Å². The molecule has 0 amide bonds. The molecule has 32 heavy (non-hydrogen) atoms. The van der Waals surface area contributed by atoms with Crippen LogP contribution in [0.5, 0.6) is 0 Å². The predicted octanol–water partition coefficient (Wildman–Crippen LogP) is 3.85. The van der Waals surface area contributed by atoms with Crippen LogP contribution in [-0.4, -0.2) is 43.4 Å². The zero-order chi connectivity index (χ0) is 22.5. The fourth-order valence-electron chi connectivity index (χ4n) is 4.64. The van der Waals surface area contributed by atoms with E-state index in [1.807, 2.05) is 0 Å². The topological polar surface area (TPSA) is 95.7 Å². The van der Waals surface area contributed by atoms with Gasteiger partial charge in [0.05, 0.1) is 11.9 Å². The number of benzene rings is 2. The second-order valence-electron chi connectivity index (χ2n) is 8.26. The Hall–Kier alpha value is -3.45. The summed E-state index contributed by atoms with van der Waals surface area (Å²) in [6, 6.07) is 19.4. The Bertz CT molecular complexity index is 1060. The molecule has 0 spiro atoms. The molecule has 3 aromatic rings. The molecule has 2 aromatic carbocycles. The van der Waals surface area contributed by atoms with Gasteiger partial charge in [0.15, 0.2) is 0 Å². The minimum atomic E-state index is -1.82. The normalized spacial score (nSPS) is 17.1. The Morgan fingerprint density at radius 2 is 1.56 bits per heavy atom. The van der Waals surface area contributed by atoms with Gasteiger partial charge in [-0.3, -0.25) is 4.90 Å². The lowest BCUT2D eigenvalue weighted by molar-refractivity contribution is -0.159. The van der Waals surface area contributed by atoms with E-state index in [4.69, 9.17) is 24.9 Å². The summed E-state index contributed by atoms with van der Waals surface area (Å²) in [7, 11) is 0. The second-order valence-corrected chi connectivity index (χ2v) is 8.26. The second kappa shape index (κ2) is 9.78. The van der Waals surface area contributed by atoms with Gasteiger partial charge in [0.1, 0.15) is 0 Å². The number of rotatable bonds is 4. The molecular weight excluding hydrogens is 406 g/mol. The van der Waals surface area contributed by atoms with Gasteiger partial charge >= 0.3 is 11.9 Å². The van der Waals surface area contributed by atoms with Crippen molar-refractivity contribution in [2.45, 2.75) is 44.7 Å². The van der Waals surface area contributed by atoms with E-state index < -0.39 is 11.9 Å². The molecule has 2 aliphatic rings. The number of fused-ring (bicyclic) bond motifs is 2. The molecule has 0 saturated carbocycles. The molecule has 7 heteroatoms. The monoisotopic (exact) mass is 433 g/mol. The first-order valence-corrected chi connectivity index (χ1v) is 10.9. The van der Waals surface area contributed by atoms with Crippen LogP contribution in [-0.2, 0) is 29.1 Å². The van der Waals surface area contributed by atoms with Crippen molar-refractivity contribution >= 4 is 11.9 Å². The van der Waals surface area contributed by atoms with Gasteiger partial charge in [0.2, 0.25) is 0 Å². The summed E-state index contributed by atoms with van der Waals surface area (Å²) in [6.45, 7) is 3.40. The SMILES string of the molecule is O=C(O)C(=O)O.c1ccc(-n2ncc3c2CCCC3CCN2Cc3ccccc3C2)cc1. The zero-order valence-corrected chi connectivity index (χ0v) is 17.9. The fourth-order valence-corrected chi connectivity index (χ4v) is 4.64. The highest BCUT2D eigenvalue weighted by atomic mass is 16.4. The quantitative estimate of drug-likeness (QED) is 0.607. The summed E-state index contributed by atoms with van der Waals surface area (Å²) >= 11 is 0. The summed E-state index contributed by atoms with van der Waals surface area (Å²) in [5.74, 6) is -3.00. The average molecular weight is 434 g/mol. The molecule has 0 bridgehead atoms. The van der Waals surface area contributed by atoms with Crippen LogP contribution in [0.15, 0.2) is 60.8 Å². The van der Waals surface area contributed by atoms with Crippen molar-refractivity contribution in [1.29, 1.82) is 0 Å². The molecule has 0 saturated heterocycles. The zero-order valence-electron chi connectivity index (χ0n) is 17.9. The highest BCUT2D eigenvalue weighted by Crippen LogP contribution is 2.35. The molecule has 1 aliphatic carbocycles. The molecule has 7 nitrogen and oxygen atoms in total. The van der Waals surface area contributed by atoms with Crippen molar-refractivity contribution in [1.82, 2.24) is 14.7 Å². The third-order valence-corrected chi connectivity index (χ3v) is 6.19. The molecule has 166 valence electrons. The van der Waals surface area contributed by atoms with Crippen molar-refractivity contribution in [3.63, 3.8) is 0 Å². The van der Waals surface area contributed by atoms with Crippen LogP contribution in [0.4, 0.5) is 0 Å². The molecule has 0 fully saturated rings. The number of hydrogen-bond acceptors (Lipinski definition) is 4. The number of nitrogens with zero attached hydrogens (tertiary/aromatic N) is 3. The van der Waals surface area contributed by atoms with Crippen molar-refractivity contribution in [3.05, 3.63) is 83.2 Å². The Morgan fingerprint density at radius 3 is 2.19 bits per heavy atom. The molecule has 1 aromatic heterocycles. The Balaban J connectivity index is 0.000000363. The summed E-state index contributed by atoms with van der Waals surface area (Å²) in [5, 5.41) is 19.5. The van der Waals surface area contributed by atoms with Crippen LogP contribution in [0, 0.1) is 0 Å². The Labute approximate surface area is 186 Å². The van der Waals surface area contributed by atoms with Gasteiger partial charge in [-0.1, -0.05) is 42.5 Å². The van der Waals surface area contributed by atoms with E-state index in [-0.39, 0.29) is 0 Å². The van der Waals surface area contributed by atoms with Crippen LogP contribution in [0.25, 0.3) is 5.69 Å². The maximum atomic E-state index is 9.10. The number of hydrogen-bond donors (Lipinski definition) is 2. The molecule has 1 unspecified atom stereocenters. The van der Waals surface area contributed by atoms with Crippen LogP contribution in [0.1, 0.15) is 47.6 Å². The maximum Gasteiger partial charge on any atom is 0.414 e. The average Bonchev–Trinajstić information content (AvgIpc) is 3.43. The third-order valence-electron chi connectivity index (χ3n) is 6.19. The van der Waals surface area contributed by atoms with E-state index in [2.05, 4.69) is 70.4 Å². The first-order chi connectivity index (χ1) is 15.5. The van der Waals surface area contributed by atoms with Gasteiger partial charge in [-0.05, 0) is 67.0 Å². The van der Waals surface area contributed by atoms with Gasteiger partial charge in [-0.2, -0.15) is 5.10 Å². The maximum absolute atomic E-state index is 9.10. The number of aliphatic carboxylic acids is 2. The van der Waals surface area contributed by atoms with E-state index in [1.54, 1.807) is 0 Å². The Morgan fingerprint density at radius 1 is 0.938 bits per heavy atom. The first kappa shape index (κ1) is 21.8. The molecule has 2 N–H and O–H groups in total. The minimum absolute atomic E-state index is 0.653. The summed E-state index contributed by atoms with van der Waals surface area (Å²) in [5.41, 5.74) is 7.11. The summed E-state index contributed by atoms with van der Waals surface area (Å²) in [6.07, 6.45) is 7.09. The van der Waals surface area contributed by atoms with Gasteiger partial charge in [-0.25, -0.2) is 14.3 Å². The number of carbonyl (C=O) groups is 2. The van der Waals surface area contributed by atoms with Crippen LogP contribution in [0.2, 0.25) is 0 Å². The van der Waals surface area contributed by atoms with Crippen LogP contribution < -0.4 is 0 Å². The standard InChI is InChI=1S/C23H25N3.C2H2O4/c1-2-10-21(11-3-1)26-23-12-6-9-18(22(23)15-24-26)13-14-25-16-19-7-4-5-8-20(19)17-25;3-1(4)2(5)6/h1-5,7-8,10-11,15,18H,6,9,12-14,16-17H2;(H,3,4)(H,5,6). The van der Waals surface area contributed by atoms with Gasteiger partial charge < -0.3 is 10.2 Å². The molecular formula is C25H27N3O4. The smallest absolute Gasteiger partial charge is 0.414 e. The van der Waals surface area contributed by atoms with Crippen LogP contribution in [0.3, 0.4) is 0 Å². The van der Waals surface area contributed by atoms with Gasteiger partial charge in [-0.15, -0.1) is 0 Å². The Kier molecular flexibility index (Phi) is 6.66.